The minimum atomic E-state index is -0.423. The van der Waals surface area contributed by atoms with Crippen molar-refractivity contribution in [1.29, 1.82) is 0 Å². The van der Waals surface area contributed by atoms with E-state index in [9.17, 15) is 4.79 Å². The van der Waals surface area contributed by atoms with Gasteiger partial charge in [-0.15, -0.1) is 0 Å². The summed E-state index contributed by atoms with van der Waals surface area (Å²) in [7, 11) is 0. The van der Waals surface area contributed by atoms with E-state index in [0.29, 0.717) is 11.7 Å². The zero-order valence-corrected chi connectivity index (χ0v) is 9.26. The molecule has 1 saturated heterocycles. The molecule has 4 rings (SSSR count). The van der Waals surface area contributed by atoms with Crippen molar-refractivity contribution in [3.8, 4) is 0 Å². The maximum Gasteiger partial charge on any atom is 0.272 e. The van der Waals surface area contributed by atoms with Crippen LogP contribution in [-0.2, 0) is 0 Å². The van der Waals surface area contributed by atoms with Gasteiger partial charge in [-0.3, -0.25) is 4.79 Å². The van der Waals surface area contributed by atoms with Gasteiger partial charge in [-0.1, -0.05) is 0 Å². The van der Waals surface area contributed by atoms with Crippen molar-refractivity contribution in [3.05, 3.63) is 24.0 Å². The molecule has 0 saturated carbocycles. The molecular formula is C11H13N5O. The molecule has 4 heterocycles. The van der Waals surface area contributed by atoms with Crippen LogP contribution in [0.2, 0.25) is 0 Å². The lowest BCUT2D eigenvalue weighted by Crippen LogP contribution is -2.63. The van der Waals surface area contributed by atoms with Gasteiger partial charge in [-0.05, 0) is 25.0 Å². The van der Waals surface area contributed by atoms with E-state index >= 15 is 0 Å². The van der Waals surface area contributed by atoms with Crippen LogP contribution in [-0.4, -0.2) is 33.5 Å². The van der Waals surface area contributed by atoms with Gasteiger partial charge in [0.2, 0.25) is 0 Å². The fraction of sp³-hybridized carbons (Fsp3) is 0.455. The minimum absolute atomic E-state index is 0.0705. The van der Waals surface area contributed by atoms with Crippen LogP contribution in [0.1, 0.15) is 29.5 Å². The molecule has 1 amide bonds. The molecule has 1 aromatic rings. The Hall–Kier alpha value is -1.98. The van der Waals surface area contributed by atoms with Crippen LogP contribution in [0, 0.1) is 0 Å². The first kappa shape index (κ1) is 9.09. The van der Waals surface area contributed by atoms with E-state index in [2.05, 4.69) is 10.3 Å². The first-order valence-corrected chi connectivity index (χ1v) is 5.83. The molecule has 1 aromatic heterocycles. The summed E-state index contributed by atoms with van der Waals surface area (Å²) >= 11 is 0. The minimum Gasteiger partial charge on any atom is -0.370 e. The van der Waals surface area contributed by atoms with Crippen LogP contribution >= 0.6 is 0 Å². The number of fused-ring (bicyclic) bond motifs is 2. The average molecular weight is 231 g/mol. The molecule has 3 aliphatic heterocycles. The maximum atomic E-state index is 12.4. The Morgan fingerprint density at radius 2 is 2.47 bits per heavy atom. The van der Waals surface area contributed by atoms with Crippen molar-refractivity contribution in [2.45, 2.75) is 24.7 Å². The van der Waals surface area contributed by atoms with Crippen LogP contribution in [0.3, 0.4) is 0 Å². The van der Waals surface area contributed by atoms with E-state index in [1.54, 1.807) is 0 Å². The summed E-state index contributed by atoms with van der Waals surface area (Å²) in [5, 5.41) is 3.20. The molecule has 0 aliphatic carbocycles. The molecule has 0 bridgehead atoms. The molecule has 6 nitrogen and oxygen atoms in total. The molecule has 0 aromatic carbocycles. The van der Waals surface area contributed by atoms with E-state index in [0.717, 1.165) is 19.4 Å². The first-order chi connectivity index (χ1) is 8.22. The van der Waals surface area contributed by atoms with Crippen LogP contribution in [0.4, 0.5) is 0 Å². The second kappa shape index (κ2) is 2.64. The number of nitrogens with two attached hydrogens (primary N) is 1. The van der Waals surface area contributed by atoms with Gasteiger partial charge in [-0.25, -0.2) is 4.99 Å². The predicted octanol–water partition coefficient (Wildman–Crippen LogP) is -0.150. The van der Waals surface area contributed by atoms with Crippen LogP contribution < -0.4 is 11.1 Å². The van der Waals surface area contributed by atoms with Crippen molar-refractivity contribution in [3.63, 3.8) is 0 Å². The zero-order valence-electron chi connectivity index (χ0n) is 9.26. The van der Waals surface area contributed by atoms with E-state index in [4.69, 9.17) is 5.73 Å². The molecule has 1 fully saturated rings. The van der Waals surface area contributed by atoms with Gasteiger partial charge in [0.25, 0.3) is 5.91 Å². The van der Waals surface area contributed by atoms with Crippen molar-refractivity contribution >= 4 is 11.9 Å². The van der Waals surface area contributed by atoms with Crippen molar-refractivity contribution in [1.82, 2.24) is 14.8 Å². The molecule has 88 valence electrons. The lowest BCUT2D eigenvalue weighted by molar-refractivity contribution is 0.0327. The van der Waals surface area contributed by atoms with E-state index in [-0.39, 0.29) is 12.1 Å². The second-order valence-corrected chi connectivity index (χ2v) is 4.80. The van der Waals surface area contributed by atoms with E-state index in [1.165, 1.54) is 0 Å². The third kappa shape index (κ3) is 0.878. The molecule has 0 radical (unpaired) electrons. The van der Waals surface area contributed by atoms with Gasteiger partial charge < -0.3 is 20.5 Å². The lowest BCUT2D eigenvalue weighted by atomic mass is 10.0. The first-order valence-electron chi connectivity index (χ1n) is 5.83. The van der Waals surface area contributed by atoms with Gasteiger partial charge in [0.05, 0.1) is 0 Å². The third-order valence-electron chi connectivity index (χ3n) is 3.96. The molecule has 6 heteroatoms. The summed E-state index contributed by atoms with van der Waals surface area (Å²) < 4.78 is 1.93. The monoisotopic (exact) mass is 231 g/mol. The summed E-state index contributed by atoms with van der Waals surface area (Å²) in [4.78, 5) is 18.7. The highest BCUT2D eigenvalue weighted by Crippen LogP contribution is 2.44. The average Bonchev–Trinajstić information content (AvgIpc) is 2.96. The Kier molecular flexibility index (Phi) is 1.41. The highest BCUT2D eigenvalue weighted by molar-refractivity contribution is 5.96. The smallest absolute Gasteiger partial charge is 0.272 e. The number of hydrogen-bond donors (Lipinski definition) is 2. The predicted molar refractivity (Wildman–Crippen MR) is 61.2 cm³/mol. The Bertz CT molecular complexity index is 548. The van der Waals surface area contributed by atoms with Crippen LogP contribution in [0.15, 0.2) is 23.3 Å². The number of rotatable bonds is 0. The number of nitrogens with zero attached hydrogens (tertiary/aromatic N) is 3. The van der Waals surface area contributed by atoms with Gasteiger partial charge in [0, 0.05) is 12.7 Å². The van der Waals surface area contributed by atoms with E-state index in [1.807, 2.05) is 27.8 Å². The molecular weight excluding hydrogens is 218 g/mol. The molecule has 1 spiro atoms. The van der Waals surface area contributed by atoms with Gasteiger partial charge in [0.1, 0.15) is 5.69 Å². The summed E-state index contributed by atoms with van der Waals surface area (Å²) in [6, 6.07) is 3.72. The van der Waals surface area contributed by atoms with Gasteiger partial charge in [0.15, 0.2) is 17.8 Å². The van der Waals surface area contributed by atoms with Gasteiger partial charge in [-0.2, -0.15) is 0 Å². The number of amides is 1. The second-order valence-electron chi connectivity index (χ2n) is 4.80. The van der Waals surface area contributed by atoms with Crippen molar-refractivity contribution in [2.24, 2.45) is 10.7 Å². The highest BCUT2D eigenvalue weighted by atomic mass is 16.2. The largest absolute Gasteiger partial charge is 0.370 e. The van der Waals surface area contributed by atoms with Crippen LogP contribution in [0.25, 0.3) is 0 Å². The summed E-state index contributed by atoms with van der Waals surface area (Å²) in [5.41, 5.74) is 6.08. The number of carbonyl (C=O) groups excluding carboxylic acids is 1. The number of nitrogens with one attached hydrogen (secondary N) is 1. The van der Waals surface area contributed by atoms with E-state index < -0.39 is 5.66 Å². The fourth-order valence-electron chi connectivity index (χ4n) is 3.30. The Labute approximate surface area is 98.1 Å². The normalized spacial score (nSPS) is 33.9. The fourth-order valence-corrected chi connectivity index (χ4v) is 3.30. The Morgan fingerprint density at radius 3 is 3.35 bits per heavy atom. The number of hydrogen-bond acceptors (Lipinski definition) is 4. The number of guanidine groups is 1. The lowest BCUT2D eigenvalue weighted by Gasteiger charge is -2.43. The van der Waals surface area contributed by atoms with Crippen molar-refractivity contribution < 1.29 is 4.79 Å². The summed E-state index contributed by atoms with van der Waals surface area (Å²) in [6.45, 7) is 0.774. The standard InChI is InChI=1S/C11H13N5O/c12-10-13-9-11(14-10)4-2-6-16(11)8(17)7-3-1-5-15(7)9/h1,3,5,9H,2,4,6H2,(H3,12,13,14)/t9?,11-/m0/s1. The topological polar surface area (TPSA) is 75.6 Å². The molecule has 2 atom stereocenters. The SMILES string of the molecule is NC1=NC2n3cccc3C(=O)N3CCC[C@@]23N1. The summed E-state index contributed by atoms with van der Waals surface area (Å²) in [5.74, 6) is 0.498. The molecule has 3 N–H and O–H groups in total. The third-order valence-corrected chi connectivity index (χ3v) is 3.96. The number of aromatic nitrogens is 1. The Morgan fingerprint density at radius 1 is 1.59 bits per heavy atom. The van der Waals surface area contributed by atoms with Crippen molar-refractivity contribution in [2.75, 3.05) is 6.54 Å². The molecule has 17 heavy (non-hydrogen) atoms. The maximum absolute atomic E-state index is 12.4. The van der Waals surface area contributed by atoms with Crippen LogP contribution in [0.5, 0.6) is 0 Å². The number of aliphatic imine (C=N–C) groups is 1. The quantitative estimate of drug-likeness (QED) is 0.652. The highest BCUT2D eigenvalue weighted by Gasteiger charge is 2.57. The molecule has 1 unspecified atom stereocenters. The number of carbonyl (C=O) groups is 1. The van der Waals surface area contributed by atoms with Gasteiger partial charge >= 0.3 is 0 Å². The zero-order chi connectivity index (χ0) is 11.6. The summed E-state index contributed by atoms with van der Waals surface area (Å²) in [6.07, 6.45) is 3.67. The Balaban J connectivity index is 1.97. The molecule has 3 aliphatic rings.